The normalized spacial score (nSPS) is 22.7. The van der Waals surface area contributed by atoms with E-state index in [9.17, 15) is 9.59 Å². The predicted octanol–water partition coefficient (Wildman–Crippen LogP) is 3.90. The molecule has 31 heavy (non-hydrogen) atoms. The van der Waals surface area contributed by atoms with E-state index in [1.807, 2.05) is 60.2 Å². The largest absolute Gasteiger partial charge is 0.439 e. The van der Waals surface area contributed by atoms with Gasteiger partial charge in [0, 0.05) is 31.6 Å². The zero-order valence-electron chi connectivity index (χ0n) is 19.0. The quantitative estimate of drug-likeness (QED) is 0.749. The third kappa shape index (κ3) is 4.05. The molecule has 2 aliphatic rings. The summed E-state index contributed by atoms with van der Waals surface area (Å²) in [5, 5.41) is 4.53. The number of ether oxygens (including phenoxy) is 1. The lowest BCUT2D eigenvalue weighted by Gasteiger charge is -2.37. The van der Waals surface area contributed by atoms with Crippen LogP contribution in [-0.2, 0) is 17.2 Å². The van der Waals surface area contributed by atoms with Crippen LogP contribution in [0.2, 0.25) is 0 Å². The number of benzene rings is 1. The van der Waals surface area contributed by atoms with Gasteiger partial charge in [0.1, 0.15) is 11.8 Å². The molecule has 4 rings (SSSR count). The van der Waals surface area contributed by atoms with Crippen molar-refractivity contribution in [1.29, 1.82) is 0 Å². The van der Waals surface area contributed by atoms with E-state index >= 15 is 0 Å². The molecule has 2 saturated heterocycles. The fourth-order valence-electron chi connectivity index (χ4n) is 4.59. The maximum atomic E-state index is 13.1. The first kappa shape index (κ1) is 21.4. The third-order valence-electron chi connectivity index (χ3n) is 6.46. The van der Waals surface area contributed by atoms with Crippen LogP contribution in [0, 0.1) is 0 Å². The highest BCUT2D eigenvalue weighted by atomic mass is 16.6. The lowest BCUT2D eigenvalue weighted by molar-refractivity contribution is 0.0630. The number of carbonyl (C=O) groups is 2. The lowest BCUT2D eigenvalue weighted by atomic mass is 9.92. The van der Waals surface area contributed by atoms with E-state index in [0.717, 1.165) is 24.1 Å². The Labute approximate surface area is 184 Å². The van der Waals surface area contributed by atoms with Crippen molar-refractivity contribution in [2.45, 2.75) is 64.1 Å². The van der Waals surface area contributed by atoms with Crippen molar-refractivity contribution in [3.8, 4) is 0 Å². The number of rotatable bonds is 3. The molecule has 2 aromatic rings. The molecule has 0 N–H and O–H groups in total. The molecule has 3 heterocycles. The lowest BCUT2D eigenvalue weighted by Crippen LogP contribution is -2.49. The van der Waals surface area contributed by atoms with Crippen molar-refractivity contribution < 1.29 is 14.3 Å². The van der Waals surface area contributed by atoms with Crippen LogP contribution in [0.1, 0.15) is 68.4 Å². The minimum absolute atomic E-state index is 0.00293. The molecule has 1 aromatic heterocycles. The van der Waals surface area contributed by atoms with Crippen LogP contribution in [0.25, 0.3) is 0 Å². The van der Waals surface area contributed by atoms with Gasteiger partial charge in [0.05, 0.1) is 11.7 Å². The Balaban J connectivity index is 1.41. The number of hydrogen-bond donors (Lipinski definition) is 0. The fraction of sp³-hybridized carbons (Fsp3) is 0.542. The first-order valence-electron chi connectivity index (χ1n) is 11.0. The highest BCUT2D eigenvalue weighted by Gasteiger charge is 2.44. The van der Waals surface area contributed by atoms with Crippen LogP contribution in [-0.4, -0.2) is 56.8 Å². The molecule has 0 bridgehead atoms. The maximum Gasteiger partial charge on any atom is 0.411 e. The van der Waals surface area contributed by atoms with Gasteiger partial charge in [-0.1, -0.05) is 51.1 Å². The number of carbonyl (C=O) groups excluding carboxylic acids is 2. The number of aryl methyl sites for hydroxylation is 1. The third-order valence-corrected chi connectivity index (χ3v) is 6.46. The molecule has 2 atom stereocenters. The maximum absolute atomic E-state index is 13.1. The van der Waals surface area contributed by atoms with Gasteiger partial charge in [0.15, 0.2) is 0 Å². The molecular formula is C24H32N4O3. The van der Waals surface area contributed by atoms with Crippen molar-refractivity contribution in [3.63, 3.8) is 0 Å². The highest BCUT2D eigenvalue weighted by molar-refractivity contribution is 5.92. The van der Waals surface area contributed by atoms with E-state index in [0.29, 0.717) is 18.8 Å². The SMILES string of the molecule is CC1C(c2ccccc2)OC(=O)N1C1CCN(C(=O)c2cc(C(C)(C)C)nn2C)CC1. The van der Waals surface area contributed by atoms with E-state index in [2.05, 4.69) is 25.9 Å². The summed E-state index contributed by atoms with van der Waals surface area (Å²) in [5.74, 6) is 0.00293. The fourth-order valence-corrected chi connectivity index (χ4v) is 4.59. The Morgan fingerprint density at radius 1 is 1.13 bits per heavy atom. The van der Waals surface area contributed by atoms with E-state index < -0.39 is 0 Å². The van der Waals surface area contributed by atoms with Crippen LogP contribution in [0.4, 0.5) is 4.79 Å². The van der Waals surface area contributed by atoms with E-state index in [4.69, 9.17) is 4.74 Å². The van der Waals surface area contributed by atoms with Crippen molar-refractivity contribution in [2.75, 3.05) is 13.1 Å². The van der Waals surface area contributed by atoms with Crippen LogP contribution in [0.15, 0.2) is 36.4 Å². The molecule has 1 aromatic carbocycles. The topological polar surface area (TPSA) is 67.7 Å². The van der Waals surface area contributed by atoms with Gasteiger partial charge in [-0.15, -0.1) is 0 Å². The molecule has 7 nitrogen and oxygen atoms in total. The first-order chi connectivity index (χ1) is 14.7. The molecule has 166 valence electrons. The zero-order chi connectivity index (χ0) is 22.3. The number of aromatic nitrogens is 2. The monoisotopic (exact) mass is 424 g/mol. The number of nitrogens with zero attached hydrogens (tertiary/aromatic N) is 4. The Morgan fingerprint density at radius 3 is 2.35 bits per heavy atom. The molecule has 0 spiro atoms. The number of likely N-dealkylation sites (tertiary alicyclic amines) is 1. The molecular weight excluding hydrogens is 392 g/mol. The average molecular weight is 425 g/mol. The number of amides is 2. The van der Waals surface area contributed by atoms with Gasteiger partial charge in [-0.05, 0) is 31.4 Å². The second-order valence-corrected chi connectivity index (χ2v) is 9.67. The van der Waals surface area contributed by atoms with Crippen molar-refractivity contribution >= 4 is 12.0 Å². The van der Waals surface area contributed by atoms with Gasteiger partial charge in [0.25, 0.3) is 5.91 Å². The Bertz CT molecular complexity index is 955. The summed E-state index contributed by atoms with van der Waals surface area (Å²) in [6.07, 6.45) is 0.985. The minimum Gasteiger partial charge on any atom is -0.439 e. The van der Waals surface area contributed by atoms with Crippen LogP contribution >= 0.6 is 0 Å². The van der Waals surface area contributed by atoms with Crippen LogP contribution < -0.4 is 0 Å². The molecule has 2 amide bonds. The average Bonchev–Trinajstić information content (AvgIpc) is 3.28. The van der Waals surface area contributed by atoms with Crippen LogP contribution in [0.5, 0.6) is 0 Å². The molecule has 2 fully saturated rings. The van der Waals surface area contributed by atoms with Gasteiger partial charge < -0.3 is 9.64 Å². The van der Waals surface area contributed by atoms with Crippen LogP contribution in [0.3, 0.4) is 0 Å². The van der Waals surface area contributed by atoms with Gasteiger partial charge in [0.2, 0.25) is 0 Å². The Hall–Kier alpha value is -2.83. The summed E-state index contributed by atoms with van der Waals surface area (Å²) in [6, 6.07) is 11.8. The van der Waals surface area contributed by atoms with Gasteiger partial charge in [-0.25, -0.2) is 4.79 Å². The minimum atomic E-state index is -0.257. The van der Waals surface area contributed by atoms with E-state index in [1.54, 1.807) is 4.68 Å². The van der Waals surface area contributed by atoms with Gasteiger partial charge in [-0.2, -0.15) is 5.10 Å². The second kappa shape index (κ2) is 8.02. The van der Waals surface area contributed by atoms with Gasteiger partial charge in [-0.3, -0.25) is 14.4 Å². The highest BCUT2D eigenvalue weighted by Crippen LogP contribution is 2.36. The Morgan fingerprint density at radius 2 is 1.77 bits per heavy atom. The standard InChI is InChI=1S/C24H32N4O3/c1-16-21(17-9-7-6-8-10-17)31-23(30)28(16)18-11-13-27(14-12-18)22(29)19-15-20(24(2,3)4)25-26(19)5/h6-10,15-16,18,21H,11-14H2,1-5H3. The second-order valence-electron chi connectivity index (χ2n) is 9.67. The van der Waals surface area contributed by atoms with E-state index in [-0.39, 0.29) is 35.6 Å². The molecule has 0 saturated carbocycles. The Kier molecular flexibility index (Phi) is 5.54. The summed E-state index contributed by atoms with van der Waals surface area (Å²) in [4.78, 5) is 29.5. The predicted molar refractivity (Wildman–Crippen MR) is 118 cm³/mol. The summed E-state index contributed by atoms with van der Waals surface area (Å²) in [6.45, 7) is 9.55. The molecule has 0 radical (unpaired) electrons. The number of hydrogen-bond acceptors (Lipinski definition) is 4. The molecule has 0 aliphatic carbocycles. The number of cyclic esters (lactones) is 1. The first-order valence-corrected chi connectivity index (χ1v) is 11.0. The van der Waals surface area contributed by atoms with Crippen molar-refractivity contribution in [1.82, 2.24) is 19.6 Å². The summed E-state index contributed by atoms with van der Waals surface area (Å²) in [7, 11) is 1.82. The van der Waals surface area contributed by atoms with Crippen molar-refractivity contribution in [2.24, 2.45) is 7.05 Å². The van der Waals surface area contributed by atoms with E-state index in [1.165, 1.54) is 0 Å². The summed E-state index contributed by atoms with van der Waals surface area (Å²) in [5.41, 5.74) is 2.43. The molecule has 7 heteroatoms. The number of piperidine rings is 1. The summed E-state index contributed by atoms with van der Waals surface area (Å²) >= 11 is 0. The smallest absolute Gasteiger partial charge is 0.411 e. The zero-order valence-corrected chi connectivity index (χ0v) is 19.0. The molecule has 2 aliphatic heterocycles. The molecule has 2 unspecified atom stereocenters. The summed E-state index contributed by atoms with van der Waals surface area (Å²) < 4.78 is 7.39. The van der Waals surface area contributed by atoms with Gasteiger partial charge >= 0.3 is 6.09 Å². The van der Waals surface area contributed by atoms with Crippen molar-refractivity contribution in [3.05, 3.63) is 53.3 Å².